The van der Waals surface area contributed by atoms with Crippen LogP contribution in [0, 0.1) is 5.82 Å². The summed E-state index contributed by atoms with van der Waals surface area (Å²) in [6, 6.07) is 6.37. The summed E-state index contributed by atoms with van der Waals surface area (Å²) in [5.74, 6) is 0.0695. The lowest BCUT2D eigenvalue weighted by Crippen LogP contribution is -2.18. The lowest BCUT2D eigenvalue weighted by atomic mass is 10.2. The van der Waals surface area contributed by atoms with E-state index in [0.717, 1.165) is 13.0 Å². The molecule has 27 heavy (non-hydrogen) atoms. The minimum absolute atomic E-state index is 0.0998. The number of anilines is 1. The fourth-order valence-electron chi connectivity index (χ4n) is 2.86. The van der Waals surface area contributed by atoms with Gasteiger partial charge in [-0.25, -0.2) is 19.2 Å². The molecule has 8 nitrogen and oxygen atoms in total. The van der Waals surface area contributed by atoms with Crippen LogP contribution >= 0.6 is 0 Å². The summed E-state index contributed by atoms with van der Waals surface area (Å²) in [7, 11) is 0. The fourth-order valence-corrected chi connectivity index (χ4v) is 2.86. The Morgan fingerprint density at radius 3 is 2.96 bits per heavy atom. The lowest BCUT2D eigenvalue weighted by Gasteiger charge is -2.07. The summed E-state index contributed by atoms with van der Waals surface area (Å²) < 4.78 is 17.3. The Morgan fingerprint density at radius 1 is 1.26 bits per heavy atom. The Kier molecular flexibility index (Phi) is 4.65. The Bertz CT molecular complexity index is 1100. The summed E-state index contributed by atoms with van der Waals surface area (Å²) in [5, 5.41) is 3.15. The molecule has 0 bridgehead atoms. The van der Waals surface area contributed by atoms with Gasteiger partial charge in [0, 0.05) is 31.0 Å². The number of nitrogens with zero attached hydrogens (tertiary/aromatic N) is 5. The van der Waals surface area contributed by atoms with Crippen molar-refractivity contribution in [2.45, 2.75) is 19.5 Å². The van der Waals surface area contributed by atoms with Crippen LogP contribution in [0.25, 0.3) is 11.2 Å². The second kappa shape index (κ2) is 7.40. The van der Waals surface area contributed by atoms with Gasteiger partial charge in [0.2, 0.25) is 5.95 Å². The minimum Gasteiger partial charge on any atom is -0.354 e. The van der Waals surface area contributed by atoms with E-state index in [9.17, 15) is 9.18 Å². The predicted molar refractivity (Wildman–Crippen MR) is 99.0 cm³/mol. The Labute approximate surface area is 153 Å². The van der Waals surface area contributed by atoms with Crippen LogP contribution in [0.3, 0.4) is 0 Å². The highest BCUT2D eigenvalue weighted by Crippen LogP contribution is 2.13. The molecule has 0 saturated heterocycles. The molecular formula is C18H18FN7O. The number of rotatable bonds is 7. The molecule has 4 rings (SSSR count). The summed E-state index contributed by atoms with van der Waals surface area (Å²) in [5.41, 5.74) is 1.03. The molecule has 0 unspecified atom stereocenters. The number of imidazole rings is 2. The van der Waals surface area contributed by atoms with E-state index < -0.39 is 0 Å². The van der Waals surface area contributed by atoms with E-state index >= 15 is 0 Å². The van der Waals surface area contributed by atoms with Crippen molar-refractivity contribution in [3.8, 4) is 0 Å². The molecule has 0 saturated carbocycles. The first-order valence-electron chi connectivity index (χ1n) is 8.59. The van der Waals surface area contributed by atoms with Gasteiger partial charge in [0.25, 0.3) is 0 Å². The predicted octanol–water partition coefficient (Wildman–Crippen LogP) is 2.01. The number of hydrogen-bond donors (Lipinski definition) is 2. The zero-order valence-corrected chi connectivity index (χ0v) is 14.5. The van der Waals surface area contributed by atoms with E-state index in [1.165, 1.54) is 10.6 Å². The SMILES string of the molecule is O=c1[nH]c2cnc(NCCCn3ccnc3)nc2n1Cc1ccccc1F. The van der Waals surface area contributed by atoms with Crippen molar-refractivity contribution in [3.63, 3.8) is 0 Å². The number of benzene rings is 1. The van der Waals surface area contributed by atoms with Gasteiger partial charge >= 0.3 is 5.69 Å². The van der Waals surface area contributed by atoms with Crippen molar-refractivity contribution < 1.29 is 4.39 Å². The number of aromatic amines is 1. The first kappa shape index (κ1) is 17.0. The minimum atomic E-state index is -0.356. The van der Waals surface area contributed by atoms with E-state index in [0.29, 0.717) is 29.2 Å². The van der Waals surface area contributed by atoms with E-state index in [1.54, 1.807) is 36.9 Å². The molecule has 0 atom stereocenters. The zero-order chi connectivity index (χ0) is 18.6. The molecule has 4 aromatic rings. The van der Waals surface area contributed by atoms with E-state index in [-0.39, 0.29) is 18.1 Å². The molecule has 0 spiro atoms. The number of aryl methyl sites for hydroxylation is 1. The maximum absolute atomic E-state index is 13.9. The summed E-state index contributed by atoms with van der Waals surface area (Å²) in [4.78, 5) is 27.6. The molecule has 9 heteroatoms. The molecule has 0 amide bonds. The first-order valence-corrected chi connectivity index (χ1v) is 8.59. The van der Waals surface area contributed by atoms with Crippen LogP contribution in [-0.2, 0) is 13.1 Å². The average molecular weight is 367 g/mol. The molecule has 0 aliphatic rings. The highest BCUT2D eigenvalue weighted by atomic mass is 19.1. The second-order valence-electron chi connectivity index (χ2n) is 6.12. The summed E-state index contributed by atoms with van der Waals surface area (Å²) >= 11 is 0. The molecule has 2 N–H and O–H groups in total. The molecule has 3 heterocycles. The van der Waals surface area contributed by atoms with Gasteiger partial charge in [-0.15, -0.1) is 0 Å². The summed E-state index contributed by atoms with van der Waals surface area (Å²) in [6.45, 7) is 1.60. The van der Waals surface area contributed by atoms with Gasteiger partial charge in [-0.3, -0.25) is 4.57 Å². The van der Waals surface area contributed by atoms with Crippen LogP contribution in [0.2, 0.25) is 0 Å². The van der Waals surface area contributed by atoms with Crippen molar-refractivity contribution in [2.75, 3.05) is 11.9 Å². The molecule has 0 radical (unpaired) electrons. The van der Waals surface area contributed by atoms with Gasteiger partial charge in [-0.2, -0.15) is 4.98 Å². The maximum atomic E-state index is 13.9. The zero-order valence-electron chi connectivity index (χ0n) is 14.5. The molecule has 0 aliphatic heterocycles. The van der Waals surface area contributed by atoms with Crippen LogP contribution < -0.4 is 11.0 Å². The van der Waals surface area contributed by atoms with Crippen LogP contribution in [0.1, 0.15) is 12.0 Å². The number of hydrogen-bond acceptors (Lipinski definition) is 5. The number of aromatic nitrogens is 6. The smallest absolute Gasteiger partial charge is 0.328 e. The highest BCUT2D eigenvalue weighted by molar-refractivity contribution is 5.71. The normalized spacial score (nSPS) is 11.1. The maximum Gasteiger partial charge on any atom is 0.328 e. The van der Waals surface area contributed by atoms with Crippen LogP contribution in [0.15, 0.2) is 54.0 Å². The Morgan fingerprint density at radius 2 is 2.15 bits per heavy atom. The monoisotopic (exact) mass is 367 g/mol. The third-order valence-electron chi connectivity index (χ3n) is 4.23. The first-order chi connectivity index (χ1) is 13.2. The topological polar surface area (TPSA) is 93.4 Å². The van der Waals surface area contributed by atoms with Crippen LogP contribution in [0.4, 0.5) is 10.3 Å². The average Bonchev–Trinajstić information content (AvgIpc) is 3.29. The molecule has 0 aliphatic carbocycles. The van der Waals surface area contributed by atoms with Gasteiger partial charge < -0.3 is 14.9 Å². The Balaban J connectivity index is 1.51. The lowest BCUT2D eigenvalue weighted by molar-refractivity contribution is 0.598. The fraction of sp³-hybridized carbons (Fsp3) is 0.222. The van der Waals surface area contributed by atoms with Crippen LogP contribution in [0.5, 0.6) is 0 Å². The molecule has 3 aromatic heterocycles. The summed E-state index contributed by atoms with van der Waals surface area (Å²) in [6.07, 6.45) is 7.84. The molecule has 1 aromatic carbocycles. The number of halogens is 1. The van der Waals surface area contributed by atoms with Crippen molar-refractivity contribution in [1.82, 2.24) is 29.1 Å². The largest absolute Gasteiger partial charge is 0.354 e. The molecule has 0 fully saturated rings. The van der Waals surface area contributed by atoms with E-state index in [4.69, 9.17) is 0 Å². The van der Waals surface area contributed by atoms with E-state index in [2.05, 4.69) is 25.3 Å². The third-order valence-corrected chi connectivity index (χ3v) is 4.23. The quantitative estimate of drug-likeness (QED) is 0.488. The van der Waals surface area contributed by atoms with Gasteiger partial charge in [0.05, 0.1) is 19.1 Å². The van der Waals surface area contributed by atoms with Gasteiger partial charge in [0.1, 0.15) is 11.3 Å². The molecule has 138 valence electrons. The van der Waals surface area contributed by atoms with Gasteiger partial charge in [-0.1, -0.05) is 18.2 Å². The van der Waals surface area contributed by atoms with Crippen LogP contribution in [-0.4, -0.2) is 35.6 Å². The number of nitrogens with one attached hydrogen (secondary N) is 2. The second-order valence-corrected chi connectivity index (χ2v) is 6.12. The number of fused-ring (bicyclic) bond motifs is 1. The Hall–Kier alpha value is -3.49. The van der Waals surface area contributed by atoms with Crippen molar-refractivity contribution >= 4 is 17.1 Å². The van der Waals surface area contributed by atoms with Gasteiger partial charge in [0.15, 0.2) is 5.65 Å². The van der Waals surface area contributed by atoms with Crippen molar-refractivity contribution in [2.24, 2.45) is 0 Å². The van der Waals surface area contributed by atoms with Gasteiger partial charge in [-0.05, 0) is 12.5 Å². The third kappa shape index (κ3) is 3.71. The molecular weight excluding hydrogens is 349 g/mol. The van der Waals surface area contributed by atoms with Crippen molar-refractivity contribution in [3.05, 3.63) is 71.0 Å². The van der Waals surface area contributed by atoms with Crippen molar-refractivity contribution in [1.29, 1.82) is 0 Å². The van der Waals surface area contributed by atoms with E-state index in [1.807, 2.05) is 10.8 Å². The number of H-pyrrole nitrogens is 1. The standard InChI is InChI=1S/C18H18FN7O/c19-14-5-2-1-4-13(14)11-26-16-15(23-18(26)27)10-22-17(24-16)21-6-3-8-25-9-7-20-12-25/h1-2,4-5,7,9-10,12H,3,6,8,11H2,(H,23,27)(H,21,22,24). The highest BCUT2D eigenvalue weighted by Gasteiger charge is 2.12.